The van der Waals surface area contributed by atoms with Crippen molar-refractivity contribution in [2.24, 2.45) is 4.40 Å². The second-order valence-electron chi connectivity index (χ2n) is 5.21. The van der Waals surface area contributed by atoms with Crippen molar-refractivity contribution in [2.45, 2.75) is 4.90 Å². The van der Waals surface area contributed by atoms with Gasteiger partial charge in [0.2, 0.25) is 5.91 Å². The topological polar surface area (TPSA) is 96.9 Å². The van der Waals surface area contributed by atoms with E-state index in [1.807, 2.05) is 0 Å². The second-order valence-corrected chi connectivity index (χ2v) is 7.74. The minimum atomic E-state index is -4.01. The van der Waals surface area contributed by atoms with E-state index in [1.54, 1.807) is 24.3 Å². The van der Waals surface area contributed by atoms with Crippen LogP contribution in [0.2, 0.25) is 0 Å². The van der Waals surface area contributed by atoms with Crippen molar-refractivity contribution in [3.8, 4) is 5.75 Å². The van der Waals surface area contributed by atoms with Gasteiger partial charge < -0.3 is 15.4 Å². The van der Waals surface area contributed by atoms with Gasteiger partial charge in [-0.05, 0) is 30.3 Å². The van der Waals surface area contributed by atoms with Crippen LogP contribution >= 0.6 is 11.8 Å². The Balaban J connectivity index is 1.66. The van der Waals surface area contributed by atoms with E-state index in [2.05, 4.69) is 15.0 Å². The monoisotopic (exact) mass is 395 g/mol. The highest BCUT2D eigenvalue weighted by atomic mass is 32.2. The minimum Gasteiger partial charge on any atom is -0.497 e. The Labute approximate surface area is 153 Å². The maximum Gasteiger partial charge on any atom is 0.286 e. The molecule has 0 saturated carbocycles. The fraction of sp³-hybridized carbons (Fsp3) is 0.125. The van der Waals surface area contributed by atoms with Crippen LogP contribution in [0.5, 0.6) is 5.75 Å². The molecule has 3 rings (SSSR count). The van der Waals surface area contributed by atoms with E-state index in [9.17, 15) is 17.6 Å². The SMILES string of the molecule is COc1cccc(NC(=O)CSC2=NS(=O)(=O)c3cc(F)ccc3N2)c1. The average molecular weight is 395 g/mol. The van der Waals surface area contributed by atoms with Gasteiger partial charge in [0.1, 0.15) is 16.5 Å². The van der Waals surface area contributed by atoms with Crippen molar-refractivity contribution in [3.63, 3.8) is 0 Å². The van der Waals surface area contributed by atoms with Crippen LogP contribution in [0.25, 0.3) is 0 Å². The van der Waals surface area contributed by atoms with Crippen molar-refractivity contribution < 1.29 is 22.3 Å². The summed E-state index contributed by atoms with van der Waals surface area (Å²) in [7, 11) is -2.49. The first-order valence-electron chi connectivity index (χ1n) is 7.35. The normalized spacial score (nSPS) is 14.6. The van der Waals surface area contributed by atoms with Crippen LogP contribution in [-0.2, 0) is 14.8 Å². The number of ether oxygens (including phenoxy) is 1. The van der Waals surface area contributed by atoms with Gasteiger partial charge in [-0.15, -0.1) is 4.40 Å². The van der Waals surface area contributed by atoms with Crippen molar-refractivity contribution in [3.05, 3.63) is 48.3 Å². The fourth-order valence-electron chi connectivity index (χ4n) is 2.20. The van der Waals surface area contributed by atoms with Crippen LogP contribution in [0.1, 0.15) is 0 Å². The molecule has 10 heteroatoms. The second kappa shape index (κ2) is 7.34. The van der Waals surface area contributed by atoms with Crippen LogP contribution < -0.4 is 15.4 Å². The molecule has 0 bridgehead atoms. The lowest BCUT2D eigenvalue weighted by Crippen LogP contribution is -2.22. The van der Waals surface area contributed by atoms with Gasteiger partial charge in [0, 0.05) is 11.8 Å². The standard InChI is InChI=1S/C16H14FN3O4S2/c1-24-12-4-2-3-11(8-12)18-15(21)9-25-16-19-13-6-5-10(17)7-14(13)26(22,23)20-16/h2-8H,9H2,1H3,(H,18,21)(H,19,20). The van der Waals surface area contributed by atoms with Gasteiger partial charge in [0.15, 0.2) is 5.17 Å². The van der Waals surface area contributed by atoms with Crippen LogP contribution in [0.3, 0.4) is 0 Å². The highest BCUT2D eigenvalue weighted by Crippen LogP contribution is 2.30. The van der Waals surface area contributed by atoms with Crippen molar-refractivity contribution in [1.29, 1.82) is 0 Å². The van der Waals surface area contributed by atoms with E-state index in [-0.39, 0.29) is 27.4 Å². The van der Waals surface area contributed by atoms with Gasteiger partial charge in [-0.3, -0.25) is 4.79 Å². The molecular formula is C16H14FN3O4S2. The summed E-state index contributed by atoms with van der Waals surface area (Å²) in [5, 5.41) is 5.51. The number of nitrogens with one attached hydrogen (secondary N) is 2. The zero-order valence-electron chi connectivity index (χ0n) is 13.5. The number of anilines is 2. The molecule has 1 aliphatic heterocycles. The summed E-state index contributed by atoms with van der Waals surface area (Å²) in [5.41, 5.74) is 0.777. The fourth-order valence-corrected chi connectivity index (χ4v) is 4.25. The molecule has 0 saturated heterocycles. The quantitative estimate of drug-likeness (QED) is 0.826. The number of fused-ring (bicyclic) bond motifs is 1. The molecule has 2 N–H and O–H groups in total. The molecule has 136 valence electrons. The average Bonchev–Trinajstić information content (AvgIpc) is 2.60. The highest BCUT2D eigenvalue weighted by Gasteiger charge is 2.26. The van der Waals surface area contributed by atoms with E-state index in [1.165, 1.54) is 13.2 Å². The first-order valence-corrected chi connectivity index (χ1v) is 9.78. The van der Waals surface area contributed by atoms with Gasteiger partial charge in [0.05, 0.1) is 18.6 Å². The molecule has 0 fully saturated rings. The van der Waals surface area contributed by atoms with Gasteiger partial charge in [-0.25, -0.2) is 4.39 Å². The number of methoxy groups -OCH3 is 1. The molecule has 2 aromatic carbocycles. The number of carbonyl (C=O) groups excluding carboxylic acids is 1. The van der Waals surface area contributed by atoms with Gasteiger partial charge in [-0.1, -0.05) is 17.8 Å². The molecule has 0 aromatic heterocycles. The molecule has 26 heavy (non-hydrogen) atoms. The molecule has 0 spiro atoms. The number of sulfonamides is 1. The van der Waals surface area contributed by atoms with Gasteiger partial charge in [0.25, 0.3) is 10.0 Å². The summed E-state index contributed by atoms with van der Waals surface area (Å²) in [6, 6.07) is 10.2. The Morgan fingerprint density at radius 3 is 2.88 bits per heavy atom. The number of nitrogens with zero attached hydrogens (tertiary/aromatic N) is 1. The zero-order chi connectivity index (χ0) is 18.7. The molecule has 1 aliphatic rings. The summed E-state index contributed by atoms with van der Waals surface area (Å²) in [6.45, 7) is 0. The molecule has 0 unspecified atom stereocenters. The van der Waals surface area contributed by atoms with Crippen LogP contribution in [-0.4, -0.2) is 32.4 Å². The first-order chi connectivity index (χ1) is 12.4. The smallest absolute Gasteiger partial charge is 0.286 e. The first kappa shape index (κ1) is 18.2. The van der Waals surface area contributed by atoms with E-state index < -0.39 is 15.8 Å². The van der Waals surface area contributed by atoms with E-state index in [0.717, 1.165) is 23.9 Å². The highest BCUT2D eigenvalue weighted by molar-refractivity contribution is 8.15. The number of benzene rings is 2. The Bertz CT molecular complexity index is 993. The summed E-state index contributed by atoms with van der Waals surface area (Å²) in [6.07, 6.45) is 0. The molecule has 0 aliphatic carbocycles. The third-order valence-corrected chi connectivity index (χ3v) is 5.67. The lowest BCUT2D eigenvalue weighted by molar-refractivity contribution is -0.113. The van der Waals surface area contributed by atoms with E-state index in [0.29, 0.717) is 11.4 Å². The third kappa shape index (κ3) is 4.14. The Morgan fingerprint density at radius 2 is 2.12 bits per heavy atom. The number of carbonyl (C=O) groups is 1. The lowest BCUT2D eigenvalue weighted by Gasteiger charge is -2.17. The number of rotatable bonds is 4. The summed E-state index contributed by atoms with van der Waals surface area (Å²) < 4.78 is 46.1. The number of amidine groups is 1. The maximum absolute atomic E-state index is 13.2. The number of amides is 1. The largest absolute Gasteiger partial charge is 0.497 e. The zero-order valence-corrected chi connectivity index (χ0v) is 15.2. The molecule has 1 heterocycles. The number of hydrogen-bond donors (Lipinski definition) is 2. The summed E-state index contributed by atoms with van der Waals surface area (Å²) in [4.78, 5) is 11.8. The predicted molar refractivity (Wildman–Crippen MR) is 98.7 cm³/mol. The van der Waals surface area contributed by atoms with Crippen LogP contribution in [0, 0.1) is 5.82 Å². The third-order valence-electron chi connectivity index (χ3n) is 3.36. The van der Waals surface area contributed by atoms with Gasteiger partial charge >= 0.3 is 0 Å². The molecule has 1 amide bonds. The number of halogens is 1. The van der Waals surface area contributed by atoms with Crippen molar-refractivity contribution in [2.75, 3.05) is 23.5 Å². The van der Waals surface area contributed by atoms with Crippen molar-refractivity contribution >= 4 is 44.2 Å². The molecule has 0 atom stereocenters. The Morgan fingerprint density at radius 1 is 1.31 bits per heavy atom. The van der Waals surface area contributed by atoms with Crippen molar-refractivity contribution in [1.82, 2.24) is 0 Å². The lowest BCUT2D eigenvalue weighted by atomic mass is 10.3. The van der Waals surface area contributed by atoms with Gasteiger partial charge in [-0.2, -0.15) is 8.42 Å². The molecule has 0 radical (unpaired) electrons. The van der Waals surface area contributed by atoms with E-state index in [4.69, 9.17) is 4.74 Å². The number of hydrogen-bond acceptors (Lipinski definition) is 6. The number of thioether (sulfide) groups is 1. The summed E-state index contributed by atoms with van der Waals surface area (Å²) in [5.74, 6) is -0.466. The maximum atomic E-state index is 13.2. The molecule has 2 aromatic rings. The molecule has 7 nitrogen and oxygen atoms in total. The van der Waals surface area contributed by atoms with Crippen LogP contribution in [0.15, 0.2) is 51.8 Å². The molecular weight excluding hydrogens is 381 g/mol. The minimum absolute atomic E-state index is 0.0462. The van der Waals surface area contributed by atoms with Crippen LogP contribution in [0.4, 0.5) is 15.8 Å². The van der Waals surface area contributed by atoms with E-state index >= 15 is 0 Å². The Hall–Kier alpha value is -2.59. The Kier molecular flexibility index (Phi) is 5.14. The summed E-state index contributed by atoms with van der Waals surface area (Å²) >= 11 is 0.927. The predicted octanol–water partition coefficient (Wildman–Crippen LogP) is 2.68.